The van der Waals surface area contributed by atoms with Crippen LogP contribution in [0.4, 0.5) is 0 Å². The zero-order chi connectivity index (χ0) is 32.1. The van der Waals surface area contributed by atoms with Crippen molar-refractivity contribution in [2.75, 3.05) is 0 Å². The summed E-state index contributed by atoms with van der Waals surface area (Å²) < 4.78 is 0. The molecule has 0 radical (unpaired) electrons. The fourth-order valence-corrected chi connectivity index (χ4v) is 8.96. The number of pyridine rings is 2. The number of rotatable bonds is 2. The van der Waals surface area contributed by atoms with Crippen molar-refractivity contribution >= 4 is 32.6 Å². The number of hydrogen-bond donors (Lipinski definition) is 0. The first-order valence-electron chi connectivity index (χ1n) is 16.9. The van der Waals surface area contributed by atoms with E-state index in [4.69, 9.17) is 4.98 Å². The molecule has 9 aromatic rings. The average molecular weight is 621 g/mol. The predicted molar refractivity (Wildman–Crippen MR) is 202 cm³/mol. The van der Waals surface area contributed by atoms with Gasteiger partial charge in [-0.3, -0.25) is 9.97 Å². The molecule has 2 aliphatic rings. The highest BCUT2D eigenvalue weighted by Crippen LogP contribution is 2.62. The molecule has 226 valence electrons. The second kappa shape index (κ2) is 9.82. The molecule has 0 N–H and O–H groups in total. The van der Waals surface area contributed by atoms with Crippen LogP contribution in [0.1, 0.15) is 22.3 Å². The Labute approximate surface area is 284 Å². The van der Waals surface area contributed by atoms with Crippen LogP contribution >= 0.6 is 0 Å². The first-order valence-corrected chi connectivity index (χ1v) is 16.9. The van der Waals surface area contributed by atoms with Gasteiger partial charge in [-0.2, -0.15) is 0 Å². The molecule has 0 amide bonds. The van der Waals surface area contributed by atoms with Gasteiger partial charge in [0.1, 0.15) is 0 Å². The molecule has 1 spiro atoms. The highest BCUT2D eigenvalue weighted by atomic mass is 14.7. The van der Waals surface area contributed by atoms with Crippen LogP contribution in [0.15, 0.2) is 170 Å². The Hall–Kier alpha value is -6.38. The second-order valence-electron chi connectivity index (χ2n) is 13.3. The summed E-state index contributed by atoms with van der Waals surface area (Å²) >= 11 is 0. The summed E-state index contributed by atoms with van der Waals surface area (Å²) in [6.45, 7) is 0. The van der Waals surface area contributed by atoms with E-state index in [1.807, 2.05) is 18.5 Å². The Balaban J connectivity index is 1.13. The lowest BCUT2D eigenvalue weighted by atomic mass is 9.61. The van der Waals surface area contributed by atoms with Gasteiger partial charge in [0.15, 0.2) is 0 Å². The highest BCUT2D eigenvalue weighted by molar-refractivity contribution is 6.09. The summed E-state index contributed by atoms with van der Waals surface area (Å²) in [7, 11) is 0. The molecule has 0 atom stereocenters. The van der Waals surface area contributed by atoms with Crippen molar-refractivity contribution < 1.29 is 0 Å². The van der Waals surface area contributed by atoms with Crippen LogP contribution in [-0.2, 0) is 5.41 Å². The summed E-state index contributed by atoms with van der Waals surface area (Å²) in [5, 5.41) is 4.86. The normalized spacial score (nSPS) is 13.5. The molecule has 0 unspecified atom stereocenters. The van der Waals surface area contributed by atoms with Gasteiger partial charge in [0.05, 0.1) is 16.4 Å². The van der Waals surface area contributed by atoms with Crippen LogP contribution in [-0.4, -0.2) is 9.97 Å². The van der Waals surface area contributed by atoms with Crippen molar-refractivity contribution in [3.8, 4) is 44.5 Å². The third-order valence-electron chi connectivity index (χ3n) is 11.0. The molecule has 49 heavy (non-hydrogen) atoms. The van der Waals surface area contributed by atoms with Crippen LogP contribution in [0.25, 0.3) is 77.1 Å². The Morgan fingerprint density at radius 3 is 1.80 bits per heavy atom. The van der Waals surface area contributed by atoms with Gasteiger partial charge >= 0.3 is 0 Å². The van der Waals surface area contributed by atoms with E-state index in [2.05, 4.69) is 157 Å². The maximum Gasteiger partial charge on any atom is 0.0970 e. The quantitative estimate of drug-likeness (QED) is 0.180. The van der Waals surface area contributed by atoms with E-state index < -0.39 is 5.41 Å². The molecule has 0 saturated heterocycles. The van der Waals surface area contributed by atoms with Gasteiger partial charge < -0.3 is 0 Å². The zero-order valence-corrected chi connectivity index (χ0v) is 26.6. The van der Waals surface area contributed by atoms with Crippen LogP contribution in [0.2, 0.25) is 0 Å². The number of aromatic nitrogens is 2. The number of nitrogens with zero attached hydrogens (tertiary/aromatic N) is 2. The van der Waals surface area contributed by atoms with Gasteiger partial charge in [-0.15, -0.1) is 0 Å². The first kappa shape index (κ1) is 26.7. The Morgan fingerprint density at radius 2 is 0.980 bits per heavy atom. The molecule has 2 aromatic heterocycles. The maximum atomic E-state index is 4.74. The Morgan fingerprint density at radius 1 is 0.347 bits per heavy atom. The molecular weight excluding hydrogens is 593 g/mol. The third-order valence-corrected chi connectivity index (χ3v) is 11.0. The van der Waals surface area contributed by atoms with E-state index in [0.29, 0.717) is 0 Å². The standard InChI is InChI=1S/C47H28N2/c1-3-14-40-35(11-1)36-12-2-4-15-41(36)47(40)42-16-6-9-31-8-5-13-38(44(31)42)37-23-22-33(28-43(37)47)29-17-19-30(20-18-29)34-25-27-49-46-39(34)24-21-32-10-7-26-48-45(32)46/h1-28H. The van der Waals surface area contributed by atoms with E-state index in [-0.39, 0.29) is 0 Å². The minimum absolute atomic E-state index is 0.418. The fraction of sp³-hybridized carbons (Fsp3) is 0.0213. The summed E-state index contributed by atoms with van der Waals surface area (Å²) in [4.78, 5) is 9.39. The number of benzene rings is 7. The van der Waals surface area contributed by atoms with Gasteiger partial charge in [0.25, 0.3) is 0 Å². The molecular formula is C47H28N2. The molecule has 2 heterocycles. The lowest BCUT2D eigenvalue weighted by Crippen LogP contribution is -2.31. The van der Waals surface area contributed by atoms with E-state index in [1.165, 1.54) is 72.0 Å². The topological polar surface area (TPSA) is 25.8 Å². The van der Waals surface area contributed by atoms with Crippen LogP contribution < -0.4 is 0 Å². The lowest BCUT2D eigenvalue weighted by molar-refractivity contribution is 0.774. The van der Waals surface area contributed by atoms with Crippen LogP contribution in [0.3, 0.4) is 0 Å². The molecule has 2 nitrogen and oxygen atoms in total. The summed E-state index contributed by atoms with van der Waals surface area (Å²) in [5.74, 6) is 0. The van der Waals surface area contributed by atoms with Gasteiger partial charge in [-0.05, 0) is 95.7 Å². The van der Waals surface area contributed by atoms with E-state index in [0.717, 1.165) is 27.4 Å². The van der Waals surface area contributed by atoms with Crippen molar-refractivity contribution in [3.05, 3.63) is 192 Å². The average Bonchev–Trinajstić information content (AvgIpc) is 3.47. The monoisotopic (exact) mass is 620 g/mol. The molecule has 0 saturated carbocycles. The SMILES string of the molecule is c1ccc2c(c1)-c1ccccc1C21c2cc(-c3ccc(-c4ccnc5c4ccc4cccnc45)cc3)ccc2-c2cccc3cccc1c23. The molecule has 0 bridgehead atoms. The molecule has 2 heteroatoms. The van der Waals surface area contributed by atoms with Crippen molar-refractivity contribution in [2.24, 2.45) is 0 Å². The van der Waals surface area contributed by atoms with Gasteiger partial charge in [0, 0.05) is 23.2 Å². The predicted octanol–water partition coefficient (Wildman–Crippen LogP) is 11.6. The number of hydrogen-bond acceptors (Lipinski definition) is 2. The molecule has 11 rings (SSSR count). The van der Waals surface area contributed by atoms with Crippen molar-refractivity contribution in [2.45, 2.75) is 5.41 Å². The third kappa shape index (κ3) is 3.50. The van der Waals surface area contributed by atoms with Crippen LogP contribution in [0, 0.1) is 0 Å². The Bertz CT molecular complexity index is 2780. The van der Waals surface area contributed by atoms with Gasteiger partial charge in [0.2, 0.25) is 0 Å². The van der Waals surface area contributed by atoms with Crippen LogP contribution in [0.5, 0.6) is 0 Å². The largest absolute Gasteiger partial charge is 0.254 e. The van der Waals surface area contributed by atoms with Crippen molar-refractivity contribution in [1.29, 1.82) is 0 Å². The Kier molecular flexibility index (Phi) is 5.34. The highest BCUT2D eigenvalue weighted by Gasteiger charge is 2.49. The van der Waals surface area contributed by atoms with E-state index in [9.17, 15) is 0 Å². The second-order valence-corrected chi connectivity index (χ2v) is 13.3. The van der Waals surface area contributed by atoms with E-state index in [1.54, 1.807) is 0 Å². The first-order chi connectivity index (χ1) is 24.3. The van der Waals surface area contributed by atoms with Crippen molar-refractivity contribution in [1.82, 2.24) is 9.97 Å². The molecule has 0 fully saturated rings. The van der Waals surface area contributed by atoms with E-state index >= 15 is 0 Å². The van der Waals surface area contributed by atoms with Crippen molar-refractivity contribution in [3.63, 3.8) is 0 Å². The lowest BCUT2D eigenvalue weighted by Gasteiger charge is -2.40. The minimum Gasteiger partial charge on any atom is -0.254 e. The summed E-state index contributed by atoms with van der Waals surface area (Å²) in [6.07, 6.45) is 3.74. The summed E-state index contributed by atoms with van der Waals surface area (Å²) in [5.41, 5.74) is 16.9. The van der Waals surface area contributed by atoms with Gasteiger partial charge in [-0.25, -0.2) is 0 Å². The smallest absolute Gasteiger partial charge is 0.0970 e. The number of fused-ring (bicyclic) bond motifs is 12. The summed E-state index contributed by atoms with van der Waals surface area (Å²) in [6, 6.07) is 58.4. The minimum atomic E-state index is -0.418. The maximum absolute atomic E-state index is 4.74. The molecule has 2 aliphatic carbocycles. The van der Waals surface area contributed by atoms with Gasteiger partial charge in [-0.1, -0.05) is 140 Å². The fourth-order valence-electron chi connectivity index (χ4n) is 8.96. The molecule has 7 aromatic carbocycles. The molecule has 0 aliphatic heterocycles. The zero-order valence-electron chi connectivity index (χ0n) is 26.6.